The molecule has 0 saturated carbocycles. The van der Waals surface area contributed by atoms with E-state index in [0.717, 1.165) is 28.8 Å². The Labute approximate surface area is 153 Å². The molecule has 0 atom stereocenters. The highest BCUT2D eigenvalue weighted by atomic mass is 16.5. The maximum atomic E-state index is 12.2. The number of nitrogens with zero attached hydrogens (tertiary/aromatic N) is 1. The second-order valence-corrected chi connectivity index (χ2v) is 6.71. The number of ether oxygens (including phenoxy) is 1. The predicted molar refractivity (Wildman–Crippen MR) is 104 cm³/mol. The van der Waals surface area contributed by atoms with E-state index in [1.807, 2.05) is 50.2 Å². The minimum absolute atomic E-state index is 0.0682. The molecular formula is C21H25N3O2. The maximum absolute atomic E-state index is 12.2. The van der Waals surface area contributed by atoms with Crippen LogP contribution in [0.2, 0.25) is 0 Å². The topological polar surface area (TPSA) is 67.0 Å². The number of aryl methyl sites for hydroxylation is 1. The number of rotatable bonds is 7. The van der Waals surface area contributed by atoms with E-state index in [9.17, 15) is 4.79 Å². The van der Waals surface area contributed by atoms with Crippen molar-refractivity contribution in [1.29, 1.82) is 0 Å². The van der Waals surface area contributed by atoms with E-state index < -0.39 is 0 Å². The molecule has 0 aliphatic heterocycles. The molecule has 1 aromatic heterocycles. The van der Waals surface area contributed by atoms with Crippen LogP contribution in [0.3, 0.4) is 0 Å². The van der Waals surface area contributed by atoms with Gasteiger partial charge in [-0.2, -0.15) is 0 Å². The van der Waals surface area contributed by atoms with Gasteiger partial charge in [0.25, 0.3) is 5.91 Å². The summed E-state index contributed by atoms with van der Waals surface area (Å²) >= 11 is 0. The lowest BCUT2D eigenvalue weighted by molar-refractivity contribution is 0.0757. The second-order valence-electron chi connectivity index (χ2n) is 6.71. The molecule has 5 nitrogen and oxygen atoms in total. The third-order valence-electron chi connectivity index (χ3n) is 4.12. The van der Waals surface area contributed by atoms with Crippen LogP contribution in [0.25, 0.3) is 22.4 Å². The van der Waals surface area contributed by atoms with Crippen molar-refractivity contribution in [2.45, 2.75) is 33.3 Å². The fraction of sp³-hybridized carbons (Fsp3) is 0.333. The lowest BCUT2D eigenvalue weighted by Crippen LogP contribution is -2.25. The number of benzene rings is 2. The molecule has 2 N–H and O–H groups in total. The van der Waals surface area contributed by atoms with Crippen molar-refractivity contribution in [3.05, 3.63) is 53.6 Å². The molecule has 1 amide bonds. The number of hydrogen-bond donors (Lipinski definition) is 2. The van der Waals surface area contributed by atoms with Crippen LogP contribution in [-0.4, -0.2) is 35.1 Å². The Bertz CT molecular complexity index is 882. The van der Waals surface area contributed by atoms with Gasteiger partial charge in [0.15, 0.2) is 0 Å². The molecule has 26 heavy (non-hydrogen) atoms. The van der Waals surface area contributed by atoms with E-state index in [4.69, 9.17) is 4.74 Å². The number of aromatic amines is 1. The predicted octanol–water partition coefficient (Wildman–Crippen LogP) is 4.08. The Balaban J connectivity index is 1.61. The number of H-pyrrole nitrogens is 1. The molecule has 0 saturated heterocycles. The summed E-state index contributed by atoms with van der Waals surface area (Å²) in [5, 5.41) is 2.92. The van der Waals surface area contributed by atoms with Gasteiger partial charge in [-0.15, -0.1) is 0 Å². The molecule has 3 aromatic rings. The van der Waals surface area contributed by atoms with Gasteiger partial charge < -0.3 is 15.0 Å². The van der Waals surface area contributed by atoms with Crippen LogP contribution in [0.4, 0.5) is 0 Å². The van der Waals surface area contributed by atoms with E-state index in [1.54, 1.807) is 0 Å². The Morgan fingerprint density at radius 3 is 2.69 bits per heavy atom. The largest absolute Gasteiger partial charge is 0.379 e. The molecule has 5 heteroatoms. The van der Waals surface area contributed by atoms with Crippen LogP contribution in [0.5, 0.6) is 0 Å². The third kappa shape index (κ3) is 4.49. The van der Waals surface area contributed by atoms with Gasteiger partial charge in [0.2, 0.25) is 0 Å². The number of amides is 1. The number of carbonyl (C=O) groups excluding carboxylic acids is 1. The molecule has 1 heterocycles. The molecule has 0 radical (unpaired) electrons. The zero-order chi connectivity index (χ0) is 18.5. The number of hydrogen-bond acceptors (Lipinski definition) is 3. The number of fused-ring (bicyclic) bond motifs is 1. The average molecular weight is 351 g/mol. The maximum Gasteiger partial charge on any atom is 0.251 e. The average Bonchev–Trinajstić information content (AvgIpc) is 3.04. The normalized spacial score (nSPS) is 11.2. The lowest BCUT2D eigenvalue weighted by atomic mass is 10.1. The number of nitrogens with one attached hydrogen (secondary N) is 2. The van der Waals surface area contributed by atoms with Gasteiger partial charge in [-0.3, -0.25) is 4.79 Å². The van der Waals surface area contributed by atoms with Crippen molar-refractivity contribution >= 4 is 16.9 Å². The van der Waals surface area contributed by atoms with Crippen molar-refractivity contribution in [2.24, 2.45) is 0 Å². The molecule has 0 unspecified atom stereocenters. The highest BCUT2D eigenvalue weighted by Crippen LogP contribution is 2.21. The molecule has 0 aliphatic carbocycles. The molecule has 0 spiro atoms. The Kier molecular flexibility index (Phi) is 5.68. The first-order valence-electron chi connectivity index (χ1n) is 8.99. The highest BCUT2D eigenvalue weighted by Gasteiger charge is 2.08. The van der Waals surface area contributed by atoms with E-state index in [1.165, 1.54) is 5.56 Å². The summed E-state index contributed by atoms with van der Waals surface area (Å²) in [6, 6.07) is 13.6. The molecule has 0 aliphatic rings. The summed E-state index contributed by atoms with van der Waals surface area (Å²) in [4.78, 5) is 20.1. The number of imidazole rings is 1. The van der Waals surface area contributed by atoms with Gasteiger partial charge in [-0.1, -0.05) is 18.2 Å². The van der Waals surface area contributed by atoms with Crippen molar-refractivity contribution in [3.63, 3.8) is 0 Å². The van der Waals surface area contributed by atoms with Crippen molar-refractivity contribution < 1.29 is 9.53 Å². The van der Waals surface area contributed by atoms with Crippen LogP contribution in [0, 0.1) is 6.92 Å². The Morgan fingerprint density at radius 1 is 1.19 bits per heavy atom. The first kappa shape index (κ1) is 18.1. The van der Waals surface area contributed by atoms with Gasteiger partial charge in [-0.25, -0.2) is 4.98 Å². The fourth-order valence-corrected chi connectivity index (χ4v) is 2.73. The Morgan fingerprint density at radius 2 is 1.96 bits per heavy atom. The zero-order valence-corrected chi connectivity index (χ0v) is 15.5. The molecule has 0 bridgehead atoms. The SMILES string of the molecule is Cc1ccc2nc(-c3ccc(C(=O)NCCCOC(C)C)cc3)[nH]c2c1. The van der Waals surface area contributed by atoms with E-state index in [2.05, 4.69) is 28.3 Å². The van der Waals surface area contributed by atoms with Gasteiger partial charge in [-0.05, 0) is 57.0 Å². The van der Waals surface area contributed by atoms with Crippen LogP contribution in [-0.2, 0) is 4.74 Å². The first-order valence-corrected chi connectivity index (χ1v) is 8.99. The minimum Gasteiger partial charge on any atom is -0.379 e. The van der Waals surface area contributed by atoms with Crippen molar-refractivity contribution in [2.75, 3.05) is 13.2 Å². The van der Waals surface area contributed by atoms with Gasteiger partial charge in [0.1, 0.15) is 5.82 Å². The minimum atomic E-state index is -0.0682. The third-order valence-corrected chi connectivity index (χ3v) is 4.12. The monoisotopic (exact) mass is 351 g/mol. The van der Waals surface area contributed by atoms with E-state index >= 15 is 0 Å². The molecule has 0 fully saturated rings. The first-order chi connectivity index (χ1) is 12.5. The van der Waals surface area contributed by atoms with Gasteiger partial charge >= 0.3 is 0 Å². The summed E-state index contributed by atoms with van der Waals surface area (Å²) < 4.78 is 5.46. The quantitative estimate of drug-likeness (QED) is 0.630. The fourth-order valence-electron chi connectivity index (χ4n) is 2.73. The van der Waals surface area contributed by atoms with Crippen LogP contribution < -0.4 is 5.32 Å². The summed E-state index contributed by atoms with van der Waals surface area (Å²) in [5.41, 5.74) is 4.76. The zero-order valence-electron chi connectivity index (χ0n) is 15.5. The lowest BCUT2D eigenvalue weighted by Gasteiger charge is -2.08. The standard InChI is InChI=1S/C21H25N3O2/c1-14(2)26-12-4-11-22-21(25)17-8-6-16(7-9-17)20-23-18-10-5-15(3)13-19(18)24-20/h5-10,13-14H,4,11-12H2,1-3H3,(H,22,25)(H,23,24). The smallest absolute Gasteiger partial charge is 0.251 e. The summed E-state index contributed by atoms with van der Waals surface area (Å²) in [6.45, 7) is 7.33. The molecule has 2 aromatic carbocycles. The van der Waals surface area contributed by atoms with Crippen LogP contribution in [0.15, 0.2) is 42.5 Å². The molecule has 3 rings (SSSR count). The van der Waals surface area contributed by atoms with E-state index in [0.29, 0.717) is 18.7 Å². The number of carbonyl (C=O) groups is 1. The van der Waals surface area contributed by atoms with Gasteiger partial charge in [0.05, 0.1) is 17.1 Å². The van der Waals surface area contributed by atoms with E-state index in [-0.39, 0.29) is 12.0 Å². The van der Waals surface area contributed by atoms with Gasteiger partial charge in [0, 0.05) is 24.3 Å². The second kappa shape index (κ2) is 8.15. The molecule has 136 valence electrons. The van der Waals surface area contributed by atoms with Crippen LogP contribution in [0.1, 0.15) is 36.2 Å². The van der Waals surface area contributed by atoms with Crippen molar-refractivity contribution in [1.82, 2.24) is 15.3 Å². The molecular weight excluding hydrogens is 326 g/mol. The number of aromatic nitrogens is 2. The Hall–Kier alpha value is -2.66. The van der Waals surface area contributed by atoms with Crippen molar-refractivity contribution in [3.8, 4) is 11.4 Å². The van der Waals surface area contributed by atoms with Crippen LogP contribution >= 0.6 is 0 Å². The summed E-state index contributed by atoms with van der Waals surface area (Å²) in [5.74, 6) is 0.740. The summed E-state index contributed by atoms with van der Waals surface area (Å²) in [6.07, 6.45) is 1.03. The highest BCUT2D eigenvalue weighted by molar-refractivity contribution is 5.94. The summed E-state index contributed by atoms with van der Waals surface area (Å²) in [7, 11) is 0.